The first-order chi connectivity index (χ1) is 11.7. The highest BCUT2D eigenvalue weighted by atomic mass is 32.1. The summed E-state index contributed by atoms with van der Waals surface area (Å²) >= 11 is 1.56. The van der Waals surface area contributed by atoms with Gasteiger partial charge in [0.05, 0.1) is 18.0 Å². The van der Waals surface area contributed by atoms with E-state index < -0.39 is 0 Å². The lowest BCUT2D eigenvalue weighted by Crippen LogP contribution is -2.65. The summed E-state index contributed by atoms with van der Waals surface area (Å²) in [6.45, 7) is 2.44. The van der Waals surface area contributed by atoms with Crippen LogP contribution in [0.25, 0.3) is 10.1 Å². The predicted octanol–water partition coefficient (Wildman–Crippen LogP) is 3.27. The smallest absolute Gasteiger partial charge is 0.261 e. The number of fused-ring (bicyclic) bond motifs is 3. The monoisotopic (exact) mass is 342 g/mol. The number of amides is 1. The third kappa shape index (κ3) is 2.11. The number of benzene rings is 1. The predicted molar refractivity (Wildman–Crippen MR) is 95.9 cm³/mol. The fraction of sp³-hybridized carbons (Fsp3) is 0.526. The number of carbonyl (C=O) groups is 1. The SMILES string of the molecule is COc1ccc2cc(C(=O)N[C@@H]3C4CCN(CC4)C34CC4)sc2c1. The lowest BCUT2D eigenvalue weighted by molar-refractivity contribution is -0.00138. The van der Waals surface area contributed by atoms with Gasteiger partial charge in [0, 0.05) is 10.2 Å². The van der Waals surface area contributed by atoms with Crippen LogP contribution in [0, 0.1) is 5.92 Å². The van der Waals surface area contributed by atoms with E-state index in [1.165, 1.54) is 38.8 Å². The van der Waals surface area contributed by atoms with Crippen LogP contribution in [0.4, 0.5) is 0 Å². The number of piperidine rings is 3. The summed E-state index contributed by atoms with van der Waals surface area (Å²) in [6, 6.07) is 8.33. The van der Waals surface area contributed by atoms with E-state index in [-0.39, 0.29) is 11.4 Å². The van der Waals surface area contributed by atoms with Crippen LogP contribution in [0.2, 0.25) is 0 Å². The number of thiophene rings is 1. The molecule has 1 amide bonds. The molecule has 1 aliphatic carbocycles. The fourth-order valence-corrected chi connectivity index (χ4v) is 5.78. The molecule has 1 aromatic heterocycles. The van der Waals surface area contributed by atoms with Crippen molar-refractivity contribution in [3.8, 4) is 5.75 Å². The summed E-state index contributed by atoms with van der Waals surface area (Å²) in [5.41, 5.74) is 0.288. The van der Waals surface area contributed by atoms with Crippen molar-refractivity contribution < 1.29 is 9.53 Å². The van der Waals surface area contributed by atoms with Crippen LogP contribution in [0.3, 0.4) is 0 Å². The lowest BCUT2D eigenvalue weighted by atomic mass is 9.77. The van der Waals surface area contributed by atoms with Crippen LogP contribution in [0.15, 0.2) is 24.3 Å². The second-order valence-electron chi connectivity index (χ2n) is 7.39. The number of nitrogens with zero attached hydrogens (tertiary/aromatic N) is 1. The Morgan fingerprint density at radius 2 is 2.08 bits per heavy atom. The molecule has 1 atom stereocenters. The van der Waals surface area contributed by atoms with Crippen molar-refractivity contribution in [3.63, 3.8) is 0 Å². The van der Waals surface area contributed by atoms with Gasteiger partial charge in [-0.15, -0.1) is 11.3 Å². The van der Waals surface area contributed by atoms with Gasteiger partial charge < -0.3 is 10.1 Å². The Kier molecular flexibility index (Phi) is 3.19. The molecule has 3 saturated heterocycles. The van der Waals surface area contributed by atoms with Crippen LogP contribution in [0.1, 0.15) is 35.4 Å². The van der Waals surface area contributed by atoms with Crippen molar-refractivity contribution >= 4 is 27.3 Å². The van der Waals surface area contributed by atoms with Gasteiger partial charge in [-0.2, -0.15) is 0 Å². The average molecular weight is 342 g/mol. The minimum absolute atomic E-state index is 0.0974. The number of hydrogen-bond acceptors (Lipinski definition) is 4. The molecule has 4 aliphatic rings. The molecule has 1 aromatic carbocycles. The highest BCUT2D eigenvalue weighted by molar-refractivity contribution is 7.20. The first-order valence-electron chi connectivity index (χ1n) is 8.83. The molecule has 0 unspecified atom stereocenters. The third-order valence-corrected chi connectivity index (χ3v) is 7.32. The van der Waals surface area contributed by atoms with E-state index >= 15 is 0 Å². The third-order valence-electron chi connectivity index (χ3n) is 6.22. The van der Waals surface area contributed by atoms with E-state index in [0.29, 0.717) is 12.0 Å². The second-order valence-corrected chi connectivity index (χ2v) is 8.48. The van der Waals surface area contributed by atoms with E-state index in [1.807, 2.05) is 24.3 Å². The molecule has 5 heteroatoms. The maximum Gasteiger partial charge on any atom is 0.261 e. The molecule has 3 aliphatic heterocycles. The van der Waals surface area contributed by atoms with Crippen molar-refractivity contribution in [1.82, 2.24) is 10.2 Å². The molecule has 24 heavy (non-hydrogen) atoms. The van der Waals surface area contributed by atoms with Crippen LogP contribution in [-0.4, -0.2) is 42.6 Å². The largest absolute Gasteiger partial charge is 0.497 e. The maximum atomic E-state index is 12.9. The number of rotatable bonds is 3. The minimum Gasteiger partial charge on any atom is -0.497 e. The quantitative estimate of drug-likeness (QED) is 0.931. The van der Waals surface area contributed by atoms with Gasteiger partial charge in [0.1, 0.15) is 5.75 Å². The molecule has 2 bridgehead atoms. The second kappa shape index (κ2) is 5.20. The van der Waals surface area contributed by atoms with Gasteiger partial charge >= 0.3 is 0 Å². The van der Waals surface area contributed by atoms with E-state index in [1.54, 1.807) is 18.4 Å². The van der Waals surface area contributed by atoms with E-state index in [0.717, 1.165) is 20.7 Å². The zero-order chi connectivity index (χ0) is 16.3. The van der Waals surface area contributed by atoms with E-state index in [2.05, 4.69) is 10.2 Å². The number of nitrogens with one attached hydrogen (secondary N) is 1. The molecule has 126 valence electrons. The fourth-order valence-electron chi connectivity index (χ4n) is 4.78. The highest BCUT2D eigenvalue weighted by Gasteiger charge is 2.60. The van der Waals surface area contributed by atoms with Crippen molar-refractivity contribution in [3.05, 3.63) is 29.1 Å². The standard InChI is InChI=1S/C19H22N2O2S/c1-23-14-3-2-13-10-16(24-15(13)11-14)18(22)20-17-12-4-8-21(9-5-12)19(17)6-7-19/h2-3,10-12,17H,4-9H2,1H3,(H,20,22)/t17-/m1/s1. The first-order valence-corrected chi connectivity index (χ1v) is 9.65. The molecule has 2 aromatic rings. The van der Waals surface area contributed by atoms with Gasteiger partial charge in [0.2, 0.25) is 0 Å². The highest BCUT2D eigenvalue weighted by Crippen LogP contribution is 2.53. The molecular formula is C19H22N2O2S. The summed E-state index contributed by atoms with van der Waals surface area (Å²) in [4.78, 5) is 16.3. The van der Waals surface area contributed by atoms with Crippen molar-refractivity contribution in [2.24, 2.45) is 5.92 Å². The summed E-state index contributed by atoms with van der Waals surface area (Å²) in [6.07, 6.45) is 4.96. The maximum absolute atomic E-state index is 12.9. The molecule has 1 saturated carbocycles. The van der Waals surface area contributed by atoms with Gasteiger partial charge in [-0.05, 0) is 74.3 Å². The summed E-state index contributed by atoms with van der Waals surface area (Å²) in [5.74, 6) is 1.60. The molecule has 4 fully saturated rings. The van der Waals surface area contributed by atoms with Gasteiger partial charge in [-0.25, -0.2) is 0 Å². The molecule has 0 radical (unpaired) electrons. The minimum atomic E-state index is 0.0974. The van der Waals surface area contributed by atoms with Gasteiger partial charge in [-0.1, -0.05) is 0 Å². The molecular weight excluding hydrogens is 320 g/mol. The molecule has 1 spiro atoms. The van der Waals surface area contributed by atoms with Crippen LogP contribution < -0.4 is 10.1 Å². The number of ether oxygens (including phenoxy) is 1. The number of carbonyl (C=O) groups excluding carboxylic acids is 1. The van der Waals surface area contributed by atoms with Crippen LogP contribution in [0.5, 0.6) is 5.75 Å². The molecule has 4 nitrogen and oxygen atoms in total. The Labute approximate surface area is 145 Å². The van der Waals surface area contributed by atoms with Crippen molar-refractivity contribution in [1.29, 1.82) is 0 Å². The van der Waals surface area contributed by atoms with Gasteiger partial charge in [0.25, 0.3) is 5.91 Å². The Morgan fingerprint density at radius 3 is 2.79 bits per heavy atom. The van der Waals surface area contributed by atoms with Crippen molar-refractivity contribution in [2.45, 2.75) is 37.3 Å². The first kappa shape index (κ1) is 14.7. The van der Waals surface area contributed by atoms with Crippen LogP contribution >= 0.6 is 11.3 Å². The van der Waals surface area contributed by atoms with E-state index in [4.69, 9.17) is 4.74 Å². The Hall–Kier alpha value is -1.59. The van der Waals surface area contributed by atoms with Gasteiger partial charge in [0.15, 0.2) is 0 Å². The summed E-state index contributed by atoms with van der Waals surface area (Å²) in [5, 5.41) is 4.52. The molecule has 4 heterocycles. The topological polar surface area (TPSA) is 41.6 Å². The zero-order valence-corrected chi connectivity index (χ0v) is 14.7. The lowest BCUT2D eigenvalue weighted by Gasteiger charge is -2.52. The molecule has 1 N–H and O–H groups in total. The summed E-state index contributed by atoms with van der Waals surface area (Å²) < 4.78 is 6.39. The zero-order valence-electron chi connectivity index (χ0n) is 13.9. The van der Waals surface area contributed by atoms with Gasteiger partial charge in [-0.3, -0.25) is 9.69 Å². The number of hydrogen-bond donors (Lipinski definition) is 1. The molecule has 6 rings (SSSR count). The Bertz CT molecular complexity index is 803. The van der Waals surface area contributed by atoms with Crippen LogP contribution in [-0.2, 0) is 0 Å². The Morgan fingerprint density at radius 1 is 1.29 bits per heavy atom. The average Bonchev–Trinajstić information content (AvgIpc) is 3.27. The summed E-state index contributed by atoms with van der Waals surface area (Å²) in [7, 11) is 1.67. The normalized spacial score (nSPS) is 29.8. The Balaban J connectivity index is 1.40. The van der Waals surface area contributed by atoms with Crippen molar-refractivity contribution in [2.75, 3.05) is 20.2 Å². The van der Waals surface area contributed by atoms with E-state index in [9.17, 15) is 4.79 Å². The number of methoxy groups -OCH3 is 1.